The first-order valence-electron chi connectivity index (χ1n) is 7.17. The summed E-state index contributed by atoms with van der Waals surface area (Å²) in [6, 6.07) is 9.28. The Hall–Kier alpha value is -3.42. The van der Waals surface area contributed by atoms with Crippen molar-refractivity contribution in [1.82, 2.24) is 14.8 Å². The predicted octanol–water partition coefficient (Wildman–Crippen LogP) is 0.671. The molecule has 1 aromatic carbocycles. The maximum atomic E-state index is 11.4. The molecule has 0 aliphatic heterocycles. The highest BCUT2D eigenvalue weighted by molar-refractivity contribution is 6.03. The summed E-state index contributed by atoms with van der Waals surface area (Å²) in [4.78, 5) is 26.2. The lowest BCUT2D eigenvalue weighted by Gasteiger charge is -2.11. The van der Waals surface area contributed by atoms with E-state index >= 15 is 0 Å². The molecule has 24 heavy (non-hydrogen) atoms. The fraction of sp³-hybridized carbons (Fsp3) is 0.125. The van der Waals surface area contributed by atoms with Gasteiger partial charge in [-0.3, -0.25) is 0 Å². The van der Waals surface area contributed by atoms with Gasteiger partial charge in [0.2, 0.25) is 0 Å². The van der Waals surface area contributed by atoms with Crippen LogP contribution < -0.4 is 10.4 Å². The minimum atomic E-state index is -1.22. The summed E-state index contributed by atoms with van der Waals surface area (Å²) in [6.07, 6.45) is 2.49. The lowest BCUT2D eigenvalue weighted by molar-refractivity contribution is -0.305. The monoisotopic (exact) mass is 325 g/mol. The number of aromatic nitrogens is 3. The number of pyridine rings is 1. The largest absolute Gasteiger partial charge is 0.550 e. The molecule has 0 bridgehead atoms. The van der Waals surface area contributed by atoms with Gasteiger partial charge in [-0.1, -0.05) is 18.2 Å². The van der Waals surface area contributed by atoms with Crippen molar-refractivity contribution in [3.8, 4) is 5.69 Å². The topological polar surface area (TPSA) is 120 Å². The molecule has 0 aliphatic carbocycles. The van der Waals surface area contributed by atoms with Crippen LogP contribution in [0.5, 0.6) is 0 Å². The van der Waals surface area contributed by atoms with Crippen molar-refractivity contribution in [2.45, 2.75) is 6.42 Å². The van der Waals surface area contributed by atoms with Gasteiger partial charge in [0, 0.05) is 25.1 Å². The smallest absolute Gasteiger partial charge is 0.339 e. The first kappa shape index (κ1) is 15.5. The van der Waals surface area contributed by atoms with Gasteiger partial charge in [0.15, 0.2) is 5.65 Å². The molecule has 2 heterocycles. The fourth-order valence-corrected chi connectivity index (χ4v) is 2.38. The Kier molecular flexibility index (Phi) is 4.11. The standard InChI is InChI=1S/C16H14N4O4/c21-13(22)6-7-17-14-11-9-19-20(10-4-2-1-3-5-10)15(11)18-8-12(14)16(23)24/h1-5,8-9H,6-7H2,(H,17,18)(H,21,22)(H,23,24)/p-1. The number of aromatic carboxylic acids is 1. The van der Waals surface area contributed by atoms with E-state index in [4.69, 9.17) is 0 Å². The average Bonchev–Trinajstić information content (AvgIpc) is 2.99. The SMILES string of the molecule is O=C([O-])CCNc1c(C(=O)O)cnc2c1cnn2-c1ccccc1. The number of fused-ring (bicyclic) bond motifs is 1. The number of aliphatic carboxylic acids is 1. The van der Waals surface area contributed by atoms with Gasteiger partial charge in [0.1, 0.15) is 5.56 Å². The number of nitrogens with zero attached hydrogens (tertiary/aromatic N) is 3. The molecule has 0 radical (unpaired) electrons. The molecule has 2 aromatic heterocycles. The van der Waals surface area contributed by atoms with Gasteiger partial charge < -0.3 is 20.3 Å². The Balaban J connectivity index is 2.09. The number of carboxylic acids is 2. The van der Waals surface area contributed by atoms with Crippen LogP contribution in [0.4, 0.5) is 5.69 Å². The average molecular weight is 325 g/mol. The highest BCUT2D eigenvalue weighted by atomic mass is 16.4. The maximum Gasteiger partial charge on any atom is 0.339 e. The summed E-state index contributed by atoms with van der Waals surface area (Å²) in [5, 5.41) is 27.5. The third kappa shape index (κ3) is 2.89. The second kappa shape index (κ2) is 6.37. The van der Waals surface area contributed by atoms with E-state index in [0.29, 0.717) is 11.0 Å². The van der Waals surface area contributed by atoms with E-state index in [0.717, 1.165) is 5.69 Å². The number of nitrogens with one attached hydrogen (secondary N) is 1. The van der Waals surface area contributed by atoms with Gasteiger partial charge in [0.05, 0.1) is 23.0 Å². The van der Waals surface area contributed by atoms with E-state index in [2.05, 4.69) is 15.4 Å². The first-order valence-corrected chi connectivity index (χ1v) is 7.17. The summed E-state index contributed by atoms with van der Waals surface area (Å²) in [7, 11) is 0. The fourth-order valence-electron chi connectivity index (χ4n) is 2.38. The molecular formula is C16H13N4O4-. The van der Waals surface area contributed by atoms with Crippen molar-refractivity contribution in [3.63, 3.8) is 0 Å². The number of carbonyl (C=O) groups is 2. The zero-order valence-electron chi connectivity index (χ0n) is 12.5. The Labute approximate surface area is 136 Å². The molecule has 0 atom stereocenters. The van der Waals surface area contributed by atoms with E-state index in [1.165, 1.54) is 12.4 Å². The molecule has 0 amide bonds. The summed E-state index contributed by atoms with van der Waals surface area (Å²) < 4.78 is 1.59. The zero-order valence-corrected chi connectivity index (χ0v) is 12.5. The molecule has 0 fully saturated rings. The van der Waals surface area contributed by atoms with E-state index < -0.39 is 11.9 Å². The lowest BCUT2D eigenvalue weighted by atomic mass is 10.1. The first-order chi connectivity index (χ1) is 11.6. The molecule has 3 aromatic rings. The Morgan fingerprint density at radius 3 is 2.62 bits per heavy atom. The predicted molar refractivity (Wildman–Crippen MR) is 83.9 cm³/mol. The molecule has 0 saturated carbocycles. The third-order valence-corrected chi connectivity index (χ3v) is 3.46. The number of carboxylic acid groups (broad SMARTS) is 2. The maximum absolute atomic E-state index is 11.4. The molecular weight excluding hydrogens is 312 g/mol. The van der Waals surface area contributed by atoms with E-state index in [9.17, 15) is 19.8 Å². The number of rotatable bonds is 6. The van der Waals surface area contributed by atoms with Crippen LogP contribution in [0.2, 0.25) is 0 Å². The van der Waals surface area contributed by atoms with Crippen LogP contribution >= 0.6 is 0 Å². The molecule has 0 saturated heterocycles. The Morgan fingerprint density at radius 2 is 1.96 bits per heavy atom. The summed E-state index contributed by atoms with van der Waals surface area (Å²) >= 11 is 0. The second-order valence-electron chi connectivity index (χ2n) is 5.03. The van der Waals surface area contributed by atoms with Crippen LogP contribution in [0.25, 0.3) is 16.7 Å². The van der Waals surface area contributed by atoms with Gasteiger partial charge >= 0.3 is 5.97 Å². The van der Waals surface area contributed by atoms with Crippen molar-refractivity contribution >= 4 is 28.7 Å². The number of benzene rings is 1. The van der Waals surface area contributed by atoms with Crippen LogP contribution in [-0.2, 0) is 4.79 Å². The number of hydrogen-bond donors (Lipinski definition) is 2. The van der Waals surface area contributed by atoms with Gasteiger partial charge in [-0.2, -0.15) is 5.10 Å². The number of hydrogen-bond acceptors (Lipinski definition) is 6. The van der Waals surface area contributed by atoms with Crippen molar-refractivity contribution in [1.29, 1.82) is 0 Å². The lowest BCUT2D eigenvalue weighted by Crippen LogP contribution is -2.25. The minimum absolute atomic E-state index is 0.0399. The third-order valence-electron chi connectivity index (χ3n) is 3.46. The van der Waals surface area contributed by atoms with Gasteiger partial charge in [-0.05, 0) is 12.1 Å². The molecule has 122 valence electrons. The quantitative estimate of drug-likeness (QED) is 0.683. The van der Waals surface area contributed by atoms with Crippen molar-refractivity contribution in [2.24, 2.45) is 0 Å². The normalized spacial score (nSPS) is 10.7. The summed E-state index contributed by atoms with van der Waals surface area (Å²) in [5.74, 6) is -2.38. The zero-order chi connectivity index (χ0) is 17.1. The molecule has 2 N–H and O–H groups in total. The van der Waals surface area contributed by atoms with Crippen LogP contribution in [0, 0.1) is 0 Å². The van der Waals surface area contributed by atoms with Crippen LogP contribution in [0.3, 0.4) is 0 Å². The van der Waals surface area contributed by atoms with E-state index in [1.54, 1.807) is 4.68 Å². The number of anilines is 1. The second-order valence-corrected chi connectivity index (χ2v) is 5.03. The molecule has 0 spiro atoms. The van der Waals surface area contributed by atoms with Crippen molar-refractivity contribution < 1.29 is 19.8 Å². The molecule has 0 unspecified atom stereocenters. The van der Waals surface area contributed by atoms with Gasteiger partial charge in [0.25, 0.3) is 0 Å². The molecule has 8 heteroatoms. The van der Waals surface area contributed by atoms with Crippen LogP contribution in [0.1, 0.15) is 16.8 Å². The van der Waals surface area contributed by atoms with E-state index in [1.807, 2.05) is 30.3 Å². The molecule has 3 rings (SSSR count). The Bertz CT molecular complexity index is 905. The number of carbonyl (C=O) groups excluding carboxylic acids is 1. The summed E-state index contributed by atoms with van der Waals surface area (Å²) in [5.41, 5.74) is 1.50. The van der Waals surface area contributed by atoms with Crippen molar-refractivity contribution in [3.05, 3.63) is 48.3 Å². The van der Waals surface area contributed by atoms with Crippen LogP contribution in [-0.4, -0.2) is 38.4 Å². The van der Waals surface area contributed by atoms with E-state index in [-0.39, 0.29) is 24.2 Å². The summed E-state index contributed by atoms with van der Waals surface area (Å²) in [6.45, 7) is 0.0399. The van der Waals surface area contributed by atoms with Gasteiger partial charge in [-0.25, -0.2) is 14.5 Å². The number of para-hydroxylation sites is 1. The molecule has 0 aliphatic rings. The Morgan fingerprint density at radius 1 is 1.21 bits per heavy atom. The highest BCUT2D eigenvalue weighted by Crippen LogP contribution is 2.27. The van der Waals surface area contributed by atoms with Crippen LogP contribution in [0.15, 0.2) is 42.7 Å². The highest BCUT2D eigenvalue weighted by Gasteiger charge is 2.17. The minimum Gasteiger partial charge on any atom is -0.550 e. The molecule has 8 nitrogen and oxygen atoms in total. The van der Waals surface area contributed by atoms with Gasteiger partial charge in [-0.15, -0.1) is 0 Å². The van der Waals surface area contributed by atoms with Crippen molar-refractivity contribution in [2.75, 3.05) is 11.9 Å².